The van der Waals surface area contributed by atoms with Gasteiger partial charge in [-0.1, -0.05) is 30.3 Å². The molecule has 1 saturated carbocycles. The molecular weight excluding hydrogens is 221 g/mol. The van der Waals surface area contributed by atoms with E-state index in [2.05, 4.69) is 0 Å². The van der Waals surface area contributed by atoms with Crippen molar-refractivity contribution in [2.24, 2.45) is 5.41 Å². The van der Waals surface area contributed by atoms with E-state index in [9.17, 15) is 18.0 Å². The van der Waals surface area contributed by atoms with Crippen LogP contribution >= 0.6 is 0 Å². The van der Waals surface area contributed by atoms with Crippen molar-refractivity contribution in [1.29, 1.82) is 0 Å². The Bertz CT molecular complexity index is 413. The van der Waals surface area contributed by atoms with Gasteiger partial charge in [-0.05, 0) is 12.0 Å². The fraction of sp³-hybridized carbons (Fsp3) is 0.364. The summed E-state index contributed by atoms with van der Waals surface area (Å²) in [5, 5.41) is 8.75. The average Bonchev–Trinajstić information content (AvgIpc) is 2.94. The monoisotopic (exact) mass is 230 g/mol. The number of benzene rings is 1. The van der Waals surface area contributed by atoms with E-state index in [-0.39, 0.29) is 6.42 Å². The Morgan fingerprint density at radius 3 is 2.25 bits per heavy atom. The van der Waals surface area contributed by atoms with Crippen molar-refractivity contribution in [1.82, 2.24) is 0 Å². The van der Waals surface area contributed by atoms with Crippen LogP contribution < -0.4 is 0 Å². The number of rotatable bonds is 2. The van der Waals surface area contributed by atoms with Gasteiger partial charge in [-0.2, -0.15) is 13.2 Å². The molecule has 0 saturated heterocycles. The number of hydrogen-bond acceptors (Lipinski definition) is 1. The summed E-state index contributed by atoms with van der Waals surface area (Å²) < 4.78 is 38.1. The molecule has 2 rings (SSSR count). The van der Waals surface area contributed by atoms with Crippen LogP contribution in [0.5, 0.6) is 0 Å². The van der Waals surface area contributed by atoms with Crippen molar-refractivity contribution in [3.63, 3.8) is 0 Å². The lowest BCUT2D eigenvalue weighted by atomic mass is 9.98. The Labute approximate surface area is 89.7 Å². The molecule has 0 heterocycles. The summed E-state index contributed by atoms with van der Waals surface area (Å²) in [4.78, 5) is 10.8. The Kier molecular flexibility index (Phi) is 2.22. The third-order valence-corrected chi connectivity index (χ3v) is 3.05. The predicted molar refractivity (Wildman–Crippen MR) is 49.9 cm³/mol. The van der Waals surface area contributed by atoms with Gasteiger partial charge in [0.25, 0.3) is 0 Å². The molecule has 1 fully saturated rings. The molecule has 0 amide bonds. The van der Waals surface area contributed by atoms with E-state index < -0.39 is 23.5 Å². The van der Waals surface area contributed by atoms with Crippen molar-refractivity contribution >= 4 is 5.97 Å². The van der Waals surface area contributed by atoms with E-state index in [4.69, 9.17) is 5.11 Å². The average molecular weight is 230 g/mol. The zero-order valence-corrected chi connectivity index (χ0v) is 8.16. The first-order valence-electron chi connectivity index (χ1n) is 4.74. The molecule has 86 valence electrons. The van der Waals surface area contributed by atoms with E-state index in [0.29, 0.717) is 5.56 Å². The third-order valence-electron chi connectivity index (χ3n) is 3.05. The molecule has 16 heavy (non-hydrogen) atoms. The predicted octanol–water partition coefficient (Wildman–Crippen LogP) is 2.81. The Morgan fingerprint density at radius 2 is 1.88 bits per heavy atom. The number of carbonyl (C=O) groups is 1. The first-order valence-corrected chi connectivity index (χ1v) is 4.74. The summed E-state index contributed by atoms with van der Waals surface area (Å²) >= 11 is 0. The van der Waals surface area contributed by atoms with E-state index in [1.54, 1.807) is 18.2 Å². The molecular formula is C11H9F3O2. The summed E-state index contributed by atoms with van der Waals surface area (Å²) in [5.41, 5.74) is -2.14. The smallest absolute Gasteiger partial charge is 0.405 e. The summed E-state index contributed by atoms with van der Waals surface area (Å²) in [7, 11) is 0. The molecule has 2 nitrogen and oxygen atoms in total. The van der Waals surface area contributed by atoms with Crippen LogP contribution in [0.25, 0.3) is 0 Å². The van der Waals surface area contributed by atoms with Crippen LogP contribution in [-0.2, 0) is 4.79 Å². The maximum atomic E-state index is 12.7. The second-order valence-electron chi connectivity index (χ2n) is 3.94. The van der Waals surface area contributed by atoms with Crippen LogP contribution in [0.2, 0.25) is 0 Å². The minimum atomic E-state index is -4.70. The molecule has 1 aliphatic carbocycles. The summed E-state index contributed by atoms with van der Waals surface area (Å²) in [6, 6.07) is 7.96. The van der Waals surface area contributed by atoms with Gasteiger partial charge in [0.05, 0.1) is 0 Å². The van der Waals surface area contributed by atoms with Gasteiger partial charge in [-0.25, -0.2) is 0 Å². The molecule has 0 aromatic heterocycles. The topological polar surface area (TPSA) is 37.3 Å². The molecule has 2 unspecified atom stereocenters. The van der Waals surface area contributed by atoms with Gasteiger partial charge in [0.1, 0.15) is 0 Å². The van der Waals surface area contributed by atoms with Crippen LogP contribution in [0, 0.1) is 5.41 Å². The molecule has 1 aromatic rings. The Hall–Kier alpha value is -1.52. The Balaban J connectivity index is 2.34. The quantitative estimate of drug-likeness (QED) is 0.848. The van der Waals surface area contributed by atoms with E-state index >= 15 is 0 Å². The molecule has 0 bridgehead atoms. The highest BCUT2D eigenvalue weighted by Crippen LogP contribution is 2.67. The van der Waals surface area contributed by atoms with E-state index in [1.807, 2.05) is 0 Å². The molecule has 1 aliphatic rings. The standard InChI is InChI=1S/C11H9F3O2/c12-11(13,14)10(9(15)16)6-8(10)7-4-2-1-3-5-7/h1-5,8H,6H2,(H,15,16). The van der Waals surface area contributed by atoms with Crippen LogP contribution in [-0.4, -0.2) is 17.3 Å². The third kappa shape index (κ3) is 1.38. The van der Waals surface area contributed by atoms with E-state index in [0.717, 1.165) is 0 Å². The van der Waals surface area contributed by atoms with Gasteiger partial charge >= 0.3 is 12.1 Å². The molecule has 5 heteroatoms. The van der Waals surface area contributed by atoms with Crippen molar-refractivity contribution in [3.8, 4) is 0 Å². The number of aliphatic carboxylic acids is 1. The van der Waals surface area contributed by atoms with Crippen LogP contribution in [0.3, 0.4) is 0 Å². The normalized spacial score (nSPS) is 28.8. The highest BCUT2D eigenvalue weighted by Gasteiger charge is 2.76. The second kappa shape index (κ2) is 3.23. The zero-order chi connectivity index (χ0) is 12.0. The zero-order valence-electron chi connectivity index (χ0n) is 8.16. The number of halogens is 3. The van der Waals surface area contributed by atoms with Crippen molar-refractivity contribution in [2.75, 3.05) is 0 Å². The first-order chi connectivity index (χ1) is 7.39. The first kappa shape index (κ1) is 11.0. The maximum absolute atomic E-state index is 12.7. The van der Waals surface area contributed by atoms with Crippen molar-refractivity contribution in [3.05, 3.63) is 35.9 Å². The molecule has 1 N–H and O–H groups in total. The van der Waals surface area contributed by atoms with Gasteiger partial charge < -0.3 is 5.11 Å². The fourth-order valence-corrected chi connectivity index (χ4v) is 2.02. The highest BCUT2D eigenvalue weighted by atomic mass is 19.4. The minimum Gasteiger partial charge on any atom is -0.481 e. The molecule has 0 radical (unpaired) electrons. The van der Waals surface area contributed by atoms with Crippen LogP contribution in [0.4, 0.5) is 13.2 Å². The summed E-state index contributed by atoms with van der Waals surface area (Å²) in [5.74, 6) is -2.74. The number of carboxylic acids is 1. The lowest BCUT2D eigenvalue weighted by Crippen LogP contribution is -2.34. The summed E-state index contributed by atoms with van der Waals surface area (Å²) in [6.07, 6.45) is -5.06. The fourth-order valence-electron chi connectivity index (χ4n) is 2.02. The minimum absolute atomic E-state index is 0.365. The van der Waals surface area contributed by atoms with Gasteiger partial charge in [0, 0.05) is 5.92 Å². The Morgan fingerprint density at radius 1 is 1.31 bits per heavy atom. The van der Waals surface area contributed by atoms with Gasteiger partial charge in [-0.15, -0.1) is 0 Å². The van der Waals surface area contributed by atoms with Crippen molar-refractivity contribution < 1.29 is 23.1 Å². The maximum Gasteiger partial charge on any atom is 0.405 e. The van der Waals surface area contributed by atoms with Gasteiger partial charge in [0.15, 0.2) is 5.41 Å². The molecule has 0 spiro atoms. The van der Waals surface area contributed by atoms with E-state index in [1.165, 1.54) is 12.1 Å². The summed E-state index contributed by atoms with van der Waals surface area (Å²) in [6.45, 7) is 0. The number of alkyl halides is 3. The van der Waals surface area contributed by atoms with Crippen LogP contribution in [0.15, 0.2) is 30.3 Å². The van der Waals surface area contributed by atoms with Crippen molar-refractivity contribution in [2.45, 2.75) is 18.5 Å². The molecule has 1 aromatic carbocycles. The van der Waals surface area contributed by atoms with Gasteiger partial charge in [0.2, 0.25) is 0 Å². The molecule has 0 aliphatic heterocycles. The number of hydrogen-bond donors (Lipinski definition) is 1. The number of carboxylic acid groups (broad SMARTS) is 1. The highest BCUT2D eigenvalue weighted by molar-refractivity contribution is 5.81. The largest absolute Gasteiger partial charge is 0.481 e. The van der Waals surface area contributed by atoms with Gasteiger partial charge in [-0.3, -0.25) is 4.79 Å². The lowest BCUT2D eigenvalue weighted by molar-refractivity contribution is -0.204. The second-order valence-corrected chi connectivity index (χ2v) is 3.94. The molecule has 2 atom stereocenters. The lowest BCUT2D eigenvalue weighted by Gasteiger charge is -2.16. The SMILES string of the molecule is O=C(O)C1(C(F)(F)F)CC1c1ccccc1. The van der Waals surface area contributed by atoms with Crippen LogP contribution in [0.1, 0.15) is 17.9 Å².